The Bertz CT molecular complexity index is 430. The van der Waals surface area contributed by atoms with E-state index in [0.29, 0.717) is 0 Å². The molecule has 0 unspecified atom stereocenters. The summed E-state index contributed by atoms with van der Waals surface area (Å²) in [6, 6.07) is 4.29. The fourth-order valence-corrected chi connectivity index (χ4v) is 2.10. The van der Waals surface area contributed by atoms with Crippen LogP contribution in [-0.2, 0) is 19.6 Å². The first-order valence-corrected chi connectivity index (χ1v) is 6.70. The van der Waals surface area contributed by atoms with Gasteiger partial charge in [0.15, 0.2) is 0 Å². The lowest BCUT2D eigenvalue weighted by Gasteiger charge is -2.08. The van der Waals surface area contributed by atoms with Crippen LogP contribution in [0.25, 0.3) is 0 Å². The summed E-state index contributed by atoms with van der Waals surface area (Å²) < 4.78 is 4.40. The number of rotatable bonds is 8. The highest BCUT2D eigenvalue weighted by Crippen LogP contribution is 2.01. The molecule has 2 rings (SSSR count). The van der Waals surface area contributed by atoms with Gasteiger partial charge in [-0.2, -0.15) is 0 Å². The van der Waals surface area contributed by atoms with Gasteiger partial charge < -0.3 is 14.5 Å². The van der Waals surface area contributed by atoms with Crippen LogP contribution < -0.4 is 5.32 Å². The fraction of sp³-hybridized carbons (Fsp3) is 0.500. The average molecular weight is 246 g/mol. The molecule has 0 aromatic carbocycles. The summed E-state index contributed by atoms with van der Waals surface area (Å²) in [5, 5.41) is 3.50. The van der Waals surface area contributed by atoms with Crippen LogP contribution in [0.3, 0.4) is 0 Å². The van der Waals surface area contributed by atoms with E-state index < -0.39 is 0 Å². The predicted molar refractivity (Wildman–Crippen MR) is 73.3 cm³/mol. The molecule has 0 aliphatic heterocycles. The minimum atomic E-state index is 0.964. The first kappa shape index (κ1) is 12.9. The van der Waals surface area contributed by atoms with E-state index in [-0.39, 0.29) is 0 Å². The molecule has 98 valence electrons. The Balaban J connectivity index is 1.56. The molecule has 0 bridgehead atoms. The van der Waals surface area contributed by atoms with Crippen LogP contribution in [0.15, 0.2) is 37.1 Å². The molecule has 0 aliphatic rings. The topological polar surface area (TPSA) is 34.8 Å². The van der Waals surface area contributed by atoms with E-state index in [4.69, 9.17) is 0 Å². The van der Waals surface area contributed by atoms with Crippen LogP contribution in [0.5, 0.6) is 0 Å². The van der Waals surface area contributed by atoms with Gasteiger partial charge in [-0.15, -0.1) is 0 Å². The van der Waals surface area contributed by atoms with Crippen molar-refractivity contribution in [2.45, 2.75) is 39.4 Å². The van der Waals surface area contributed by atoms with E-state index in [1.807, 2.05) is 18.7 Å². The second-order valence-electron chi connectivity index (χ2n) is 4.47. The molecule has 18 heavy (non-hydrogen) atoms. The smallest absolute Gasteiger partial charge is 0.0945 e. The largest absolute Gasteiger partial charge is 0.351 e. The van der Waals surface area contributed by atoms with E-state index in [1.165, 1.54) is 18.5 Å². The van der Waals surface area contributed by atoms with Crippen molar-refractivity contribution in [3.05, 3.63) is 42.7 Å². The number of hydrogen-bond donors (Lipinski definition) is 1. The number of aryl methyl sites for hydroxylation is 2. The van der Waals surface area contributed by atoms with Gasteiger partial charge in [-0.05, 0) is 38.4 Å². The Morgan fingerprint density at radius 1 is 1.28 bits per heavy atom. The average Bonchev–Trinajstić information content (AvgIpc) is 3.04. The summed E-state index contributed by atoms with van der Waals surface area (Å²) in [4.78, 5) is 4.03. The van der Waals surface area contributed by atoms with Gasteiger partial charge in [0.1, 0.15) is 0 Å². The molecule has 0 saturated carbocycles. The van der Waals surface area contributed by atoms with Crippen molar-refractivity contribution < 1.29 is 0 Å². The van der Waals surface area contributed by atoms with Crippen LogP contribution in [0.2, 0.25) is 0 Å². The molecular weight excluding hydrogens is 224 g/mol. The Labute approximate surface area is 109 Å². The number of nitrogens with zero attached hydrogens (tertiary/aromatic N) is 3. The molecule has 4 heteroatoms. The van der Waals surface area contributed by atoms with Crippen LogP contribution in [0, 0.1) is 0 Å². The van der Waals surface area contributed by atoms with Gasteiger partial charge in [0.05, 0.1) is 6.33 Å². The van der Waals surface area contributed by atoms with Gasteiger partial charge in [0.2, 0.25) is 0 Å². The van der Waals surface area contributed by atoms with E-state index in [1.54, 1.807) is 0 Å². The van der Waals surface area contributed by atoms with Crippen LogP contribution in [0.1, 0.15) is 25.5 Å². The summed E-state index contributed by atoms with van der Waals surface area (Å²) in [5.41, 5.74) is 1.37. The van der Waals surface area contributed by atoms with Crippen molar-refractivity contribution in [3.8, 4) is 0 Å². The Morgan fingerprint density at radius 3 is 3.00 bits per heavy atom. The third-order valence-corrected chi connectivity index (χ3v) is 3.15. The molecule has 0 spiro atoms. The predicted octanol–water partition coefficient (Wildman–Crippen LogP) is 2.27. The lowest BCUT2D eigenvalue weighted by atomic mass is 10.3. The van der Waals surface area contributed by atoms with Gasteiger partial charge in [0, 0.05) is 43.9 Å². The molecule has 0 aliphatic carbocycles. The molecule has 0 atom stereocenters. The summed E-state index contributed by atoms with van der Waals surface area (Å²) in [7, 11) is 0. The molecule has 0 saturated heterocycles. The molecular formula is C14H22N4. The van der Waals surface area contributed by atoms with Crippen molar-refractivity contribution in [1.29, 1.82) is 0 Å². The monoisotopic (exact) mass is 246 g/mol. The zero-order valence-electron chi connectivity index (χ0n) is 11.0. The first-order chi connectivity index (χ1) is 8.90. The standard InChI is InChI=1S/C14H22N4/c1-2-18-10-5-6-14(18)12-15-7-3-4-9-17-11-8-16-13-17/h5-6,8,10-11,13,15H,2-4,7,9,12H2,1H3. The van der Waals surface area contributed by atoms with Crippen molar-refractivity contribution in [2.75, 3.05) is 6.54 Å². The summed E-state index contributed by atoms with van der Waals surface area (Å²) in [5.74, 6) is 0. The Hall–Kier alpha value is -1.55. The highest BCUT2D eigenvalue weighted by atomic mass is 15.0. The van der Waals surface area contributed by atoms with Crippen molar-refractivity contribution in [2.24, 2.45) is 0 Å². The molecule has 0 amide bonds. The van der Waals surface area contributed by atoms with Crippen LogP contribution in [0.4, 0.5) is 0 Å². The quantitative estimate of drug-likeness (QED) is 0.725. The van der Waals surface area contributed by atoms with Gasteiger partial charge in [0.25, 0.3) is 0 Å². The first-order valence-electron chi connectivity index (χ1n) is 6.70. The molecule has 0 radical (unpaired) electrons. The minimum absolute atomic E-state index is 0.964. The number of unbranched alkanes of at least 4 members (excludes halogenated alkanes) is 1. The molecule has 4 nitrogen and oxygen atoms in total. The van der Waals surface area contributed by atoms with Gasteiger partial charge in [-0.3, -0.25) is 0 Å². The highest BCUT2D eigenvalue weighted by molar-refractivity contribution is 5.06. The second kappa shape index (κ2) is 7.01. The Kier molecular flexibility index (Phi) is 5.02. The zero-order valence-corrected chi connectivity index (χ0v) is 11.0. The summed E-state index contributed by atoms with van der Waals surface area (Å²) in [6.45, 7) is 6.32. The fourth-order valence-electron chi connectivity index (χ4n) is 2.10. The van der Waals surface area contributed by atoms with Crippen LogP contribution in [-0.4, -0.2) is 20.7 Å². The van der Waals surface area contributed by atoms with Crippen molar-refractivity contribution in [3.63, 3.8) is 0 Å². The zero-order chi connectivity index (χ0) is 12.6. The number of hydrogen-bond acceptors (Lipinski definition) is 2. The van der Waals surface area contributed by atoms with Gasteiger partial charge in [-0.1, -0.05) is 0 Å². The molecule has 1 N–H and O–H groups in total. The molecule has 2 aromatic heterocycles. The van der Waals surface area contributed by atoms with E-state index >= 15 is 0 Å². The van der Waals surface area contributed by atoms with E-state index in [0.717, 1.165) is 26.2 Å². The maximum atomic E-state index is 4.03. The molecule has 2 aromatic rings. The molecule has 2 heterocycles. The number of aromatic nitrogens is 3. The lowest BCUT2D eigenvalue weighted by Crippen LogP contribution is -2.17. The number of imidazole rings is 1. The maximum absolute atomic E-state index is 4.03. The second-order valence-corrected chi connectivity index (χ2v) is 4.47. The minimum Gasteiger partial charge on any atom is -0.351 e. The van der Waals surface area contributed by atoms with Gasteiger partial charge >= 0.3 is 0 Å². The van der Waals surface area contributed by atoms with Crippen molar-refractivity contribution in [1.82, 2.24) is 19.4 Å². The third-order valence-electron chi connectivity index (χ3n) is 3.15. The molecule has 0 fully saturated rings. The lowest BCUT2D eigenvalue weighted by molar-refractivity contribution is 0.556. The maximum Gasteiger partial charge on any atom is 0.0945 e. The number of nitrogens with one attached hydrogen (secondary N) is 1. The summed E-state index contributed by atoms with van der Waals surface area (Å²) in [6.07, 6.45) is 10.2. The van der Waals surface area contributed by atoms with Crippen LogP contribution >= 0.6 is 0 Å². The van der Waals surface area contributed by atoms with Gasteiger partial charge in [-0.25, -0.2) is 4.98 Å². The Morgan fingerprint density at radius 2 is 2.22 bits per heavy atom. The third kappa shape index (κ3) is 3.74. The SMILES string of the molecule is CCn1cccc1CNCCCCn1ccnc1. The normalized spacial score (nSPS) is 10.9. The highest BCUT2D eigenvalue weighted by Gasteiger charge is 1.98. The summed E-state index contributed by atoms with van der Waals surface area (Å²) >= 11 is 0. The van der Waals surface area contributed by atoms with Crippen molar-refractivity contribution >= 4 is 0 Å². The van der Waals surface area contributed by atoms with E-state index in [9.17, 15) is 0 Å². The van der Waals surface area contributed by atoms with E-state index in [2.05, 4.69) is 44.7 Å².